The predicted octanol–water partition coefficient (Wildman–Crippen LogP) is 3.70. The van der Waals surface area contributed by atoms with E-state index >= 15 is 0 Å². The Hall–Kier alpha value is -0.290. The lowest BCUT2D eigenvalue weighted by Gasteiger charge is -1.89. The third-order valence-electron chi connectivity index (χ3n) is 0.979. The first-order valence-electron chi connectivity index (χ1n) is 3.18. The maximum Gasteiger partial charge on any atom is 0.379 e. The molecule has 0 radical (unpaired) electrons. The lowest BCUT2D eigenvalue weighted by atomic mass is 10.4. The summed E-state index contributed by atoms with van der Waals surface area (Å²) in [7, 11) is 0. The van der Waals surface area contributed by atoms with E-state index in [1.807, 2.05) is 18.2 Å². The van der Waals surface area contributed by atoms with Crippen LogP contribution in [-0.4, -0.2) is 12.9 Å². The molecule has 1 aromatic carbocycles. The van der Waals surface area contributed by atoms with E-state index < -0.39 is 6.68 Å². The minimum Gasteiger partial charge on any atom is -0.197 e. The molecule has 0 saturated carbocycles. The second kappa shape index (κ2) is 9.80. The summed E-state index contributed by atoms with van der Waals surface area (Å²) in [5.41, 5.74) is 0. The number of benzene rings is 1. The van der Waals surface area contributed by atoms with Gasteiger partial charge in [-0.15, -0.1) is 11.8 Å². The second-order valence-corrected chi connectivity index (χ2v) is 2.64. The van der Waals surface area contributed by atoms with Crippen molar-refractivity contribution in [1.29, 1.82) is 0 Å². The zero-order valence-corrected chi connectivity index (χ0v) is 8.82. The molecule has 5 heteroatoms. The van der Waals surface area contributed by atoms with Gasteiger partial charge in [-0.1, -0.05) is 18.2 Å². The zero-order chi connectivity index (χ0) is 9.40. The number of rotatable bonds is 1. The van der Waals surface area contributed by atoms with Crippen LogP contribution in [0.3, 0.4) is 0 Å². The van der Waals surface area contributed by atoms with Crippen molar-refractivity contribution < 1.29 is 13.2 Å². The highest BCUT2D eigenvalue weighted by Gasteiger charge is 1.86. The number of alkyl halides is 3. The minimum absolute atomic E-state index is 0. The fraction of sp³-hybridized carbons (Fsp3) is 0.250. The van der Waals surface area contributed by atoms with Crippen LogP contribution in [0.5, 0.6) is 0 Å². The molecule has 1 rings (SSSR count). The van der Waals surface area contributed by atoms with E-state index in [-0.39, 0.29) is 13.5 Å². The Labute approximate surface area is 87.0 Å². The monoisotopic (exact) mass is 228 g/mol. The Balaban J connectivity index is 0. The fourth-order valence-corrected chi connectivity index (χ4v) is 0.986. The van der Waals surface area contributed by atoms with Gasteiger partial charge in [0.15, 0.2) is 0 Å². The van der Waals surface area contributed by atoms with Crippen molar-refractivity contribution >= 4 is 25.3 Å². The average Bonchev–Trinajstić information content (AvgIpc) is 2.05. The zero-order valence-electron chi connectivity index (χ0n) is 7.01. The third kappa shape index (κ3) is 11.7. The Kier molecular flexibility index (Phi) is 11.4. The third-order valence-corrected chi connectivity index (χ3v) is 1.72. The van der Waals surface area contributed by atoms with Crippen molar-refractivity contribution in [3.63, 3.8) is 0 Å². The summed E-state index contributed by atoms with van der Waals surface area (Å²) in [4.78, 5) is 1.33. The van der Waals surface area contributed by atoms with Crippen molar-refractivity contribution in [2.45, 2.75) is 11.6 Å². The van der Waals surface area contributed by atoms with Gasteiger partial charge in [0.05, 0.1) is 0 Å². The topological polar surface area (TPSA) is 0 Å². The first kappa shape index (κ1) is 15.2. The molecule has 0 unspecified atom stereocenters. The molecule has 1 aromatic rings. The van der Waals surface area contributed by atoms with E-state index in [0.29, 0.717) is 0 Å². The van der Waals surface area contributed by atoms with Crippen molar-refractivity contribution in [3.8, 4) is 0 Å². The number of halogens is 3. The minimum atomic E-state index is -3.67. The summed E-state index contributed by atoms with van der Waals surface area (Å²) in [6.45, 7) is -3.67. The van der Waals surface area contributed by atoms with Crippen LogP contribution in [-0.2, 0) is 0 Å². The van der Waals surface area contributed by atoms with Crippen molar-refractivity contribution in [3.05, 3.63) is 30.3 Å². The van der Waals surface area contributed by atoms with Gasteiger partial charge in [0, 0.05) is 4.90 Å². The molecule has 0 saturated heterocycles. The predicted molar refractivity (Wildman–Crippen MR) is 55.7 cm³/mol. The van der Waals surface area contributed by atoms with Crippen LogP contribution in [0, 0.1) is 0 Å². The molecule has 0 atom stereocenters. The van der Waals surface area contributed by atoms with E-state index in [1.165, 1.54) is 4.90 Å². The summed E-state index contributed by atoms with van der Waals surface area (Å²) in [5, 5.41) is 0. The molecule has 0 aromatic heterocycles. The van der Waals surface area contributed by atoms with Gasteiger partial charge in [-0.3, -0.25) is 0 Å². The number of hydrogen-bond acceptors (Lipinski definition) is 1. The standard InChI is InChI=1S/C7H8S.CHF3.H2S/c1-8-7-5-3-2-4-6-7;2-1(3)4;/h2-6H,1H3;1H;1H2. The Bertz CT molecular complexity index is 189. The van der Waals surface area contributed by atoms with Gasteiger partial charge in [-0.25, -0.2) is 0 Å². The van der Waals surface area contributed by atoms with Gasteiger partial charge in [-0.2, -0.15) is 26.7 Å². The highest BCUT2D eigenvalue weighted by molar-refractivity contribution is 7.98. The fourth-order valence-electron chi connectivity index (χ4n) is 0.557. The van der Waals surface area contributed by atoms with Crippen molar-refractivity contribution in [1.82, 2.24) is 0 Å². The smallest absolute Gasteiger partial charge is 0.197 e. The van der Waals surface area contributed by atoms with Crippen LogP contribution in [0.2, 0.25) is 0 Å². The second-order valence-electron chi connectivity index (χ2n) is 1.76. The molecule has 0 spiro atoms. The van der Waals surface area contributed by atoms with Gasteiger partial charge >= 0.3 is 6.68 Å². The maximum absolute atomic E-state index is 9.67. The molecular formula is C8H11F3S2. The van der Waals surface area contributed by atoms with Gasteiger partial charge in [-0.05, 0) is 18.4 Å². The molecule has 0 aliphatic rings. The van der Waals surface area contributed by atoms with Crippen LogP contribution in [0.1, 0.15) is 0 Å². The quantitative estimate of drug-likeness (QED) is 0.660. The maximum atomic E-state index is 9.67. The number of thioether (sulfide) groups is 1. The SMILES string of the molecule is CSc1ccccc1.FC(F)F.S. The van der Waals surface area contributed by atoms with E-state index in [1.54, 1.807) is 11.8 Å². The van der Waals surface area contributed by atoms with E-state index in [4.69, 9.17) is 0 Å². The van der Waals surface area contributed by atoms with E-state index in [9.17, 15) is 13.2 Å². The van der Waals surface area contributed by atoms with Gasteiger partial charge in [0.2, 0.25) is 0 Å². The summed E-state index contributed by atoms with van der Waals surface area (Å²) >= 11 is 1.77. The first-order chi connectivity index (χ1) is 5.66. The highest BCUT2D eigenvalue weighted by atomic mass is 32.2. The van der Waals surface area contributed by atoms with Gasteiger partial charge < -0.3 is 0 Å². The summed E-state index contributed by atoms with van der Waals surface area (Å²) in [5.74, 6) is 0. The first-order valence-corrected chi connectivity index (χ1v) is 4.40. The summed E-state index contributed by atoms with van der Waals surface area (Å²) in [6.07, 6.45) is 2.08. The molecule has 0 fully saturated rings. The molecule has 0 nitrogen and oxygen atoms in total. The largest absolute Gasteiger partial charge is 0.379 e. The van der Waals surface area contributed by atoms with Gasteiger partial charge in [0.1, 0.15) is 0 Å². The summed E-state index contributed by atoms with van der Waals surface area (Å²) in [6, 6.07) is 10.3. The normalized spacial score (nSPS) is 8.38. The van der Waals surface area contributed by atoms with Crippen LogP contribution in [0.15, 0.2) is 35.2 Å². The van der Waals surface area contributed by atoms with Crippen molar-refractivity contribution in [2.75, 3.05) is 6.26 Å². The van der Waals surface area contributed by atoms with Crippen LogP contribution >= 0.6 is 25.3 Å². The molecule has 0 aliphatic carbocycles. The Morgan fingerprint density at radius 3 is 1.69 bits per heavy atom. The van der Waals surface area contributed by atoms with Crippen molar-refractivity contribution in [2.24, 2.45) is 0 Å². The molecule has 76 valence electrons. The molecular weight excluding hydrogens is 217 g/mol. The molecule has 0 N–H and O–H groups in total. The molecule has 0 amide bonds. The molecule has 0 bridgehead atoms. The molecule has 0 aliphatic heterocycles. The Morgan fingerprint density at radius 1 is 1.08 bits per heavy atom. The van der Waals surface area contributed by atoms with Gasteiger partial charge in [0.25, 0.3) is 0 Å². The molecule has 13 heavy (non-hydrogen) atoms. The average molecular weight is 228 g/mol. The number of hydrogen-bond donors (Lipinski definition) is 0. The summed E-state index contributed by atoms with van der Waals surface area (Å²) < 4.78 is 29.0. The van der Waals surface area contributed by atoms with Crippen LogP contribution < -0.4 is 0 Å². The van der Waals surface area contributed by atoms with Crippen LogP contribution in [0.25, 0.3) is 0 Å². The Morgan fingerprint density at radius 2 is 1.46 bits per heavy atom. The van der Waals surface area contributed by atoms with Crippen LogP contribution in [0.4, 0.5) is 13.2 Å². The lowest BCUT2D eigenvalue weighted by Crippen LogP contribution is -1.65. The van der Waals surface area contributed by atoms with E-state index in [2.05, 4.69) is 18.4 Å². The highest BCUT2D eigenvalue weighted by Crippen LogP contribution is 2.11. The molecule has 0 heterocycles. The lowest BCUT2D eigenvalue weighted by molar-refractivity contribution is 0.00819. The van der Waals surface area contributed by atoms with E-state index in [0.717, 1.165) is 0 Å².